The van der Waals surface area contributed by atoms with Crippen molar-refractivity contribution in [2.24, 2.45) is 0 Å². The third kappa shape index (κ3) is 8.42. The lowest BCUT2D eigenvalue weighted by Crippen LogP contribution is -2.31. The molecule has 0 heterocycles. The highest BCUT2D eigenvalue weighted by Gasteiger charge is 2.20. The number of urea groups is 1. The molecular weight excluding hydrogens is 308 g/mol. The highest BCUT2D eigenvalue weighted by atomic mass is 16.2. The number of aryl methyl sites for hydroxylation is 1. The Balaban J connectivity index is 2.32. The molecule has 0 atom stereocenters. The molecule has 0 aliphatic heterocycles. The van der Waals surface area contributed by atoms with Crippen LogP contribution in [0.25, 0.3) is 0 Å². The Morgan fingerprint density at radius 3 is 2.16 bits per heavy atom. The molecule has 0 radical (unpaired) electrons. The van der Waals surface area contributed by atoms with Gasteiger partial charge in [-0.2, -0.15) is 0 Å². The van der Waals surface area contributed by atoms with Gasteiger partial charge < -0.3 is 10.6 Å². The quantitative estimate of drug-likeness (QED) is 0.463. The summed E-state index contributed by atoms with van der Waals surface area (Å²) in [6.45, 7) is 11.6. The van der Waals surface area contributed by atoms with Gasteiger partial charge in [0.25, 0.3) is 0 Å². The Morgan fingerprint density at radius 2 is 1.56 bits per heavy atom. The predicted octanol–water partition coefficient (Wildman–Crippen LogP) is 6.55. The second-order valence-electron chi connectivity index (χ2n) is 8.10. The van der Waals surface area contributed by atoms with Crippen molar-refractivity contribution < 1.29 is 4.79 Å². The van der Waals surface area contributed by atoms with Crippen LogP contribution in [0.4, 0.5) is 10.5 Å². The van der Waals surface area contributed by atoms with Crippen LogP contribution in [0.1, 0.15) is 90.2 Å². The fourth-order valence-corrected chi connectivity index (χ4v) is 3.08. The number of carbonyl (C=O) groups is 1. The van der Waals surface area contributed by atoms with Crippen molar-refractivity contribution in [2.75, 3.05) is 11.9 Å². The van der Waals surface area contributed by atoms with E-state index in [-0.39, 0.29) is 11.4 Å². The minimum atomic E-state index is -0.0947. The maximum atomic E-state index is 12.2. The van der Waals surface area contributed by atoms with E-state index in [2.05, 4.69) is 50.5 Å². The van der Waals surface area contributed by atoms with E-state index in [9.17, 15) is 4.79 Å². The lowest BCUT2D eigenvalue weighted by Gasteiger charge is -2.24. The molecule has 1 aromatic rings. The van der Waals surface area contributed by atoms with Crippen LogP contribution >= 0.6 is 0 Å². The first kappa shape index (κ1) is 21.5. The first-order valence-corrected chi connectivity index (χ1v) is 10.0. The Morgan fingerprint density at radius 1 is 0.960 bits per heavy atom. The molecule has 2 N–H and O–H groups in total. The van der Waals surface area contributed by atoms with Crippen LogP contribution < -0.4 is 10.6 Å². The van der Waals surface area contributed by atoms with Gasteiger partial charge in [-0.05, 0) is 29.9 Å². The number of para-hydroxylation sites is 1. The average Bonchev–Trinajstić information content (AvgIpc) is 2.54. The number of rotatable bonds is 10. The normalized spacial score (nSPS) is 11.4. The molecule has 0 fully saturated rings. The zero-order valence-corrected chi connectivity index (χ0v) is 17.0. The van der Waals surface area contributed by atoms with Crippen LogP contribution in [0, 0.1) is 6.92 Å². The Kier molecular flexibility index (Phi) is 9.62. The number of amides is 2. The third-order valence-electron chi connectivity index (χ3n) is 4.64. The molecule has 0 bridgehead atoms. The van der Waals surface area contributed by atoms with Gasteiger partial charge in [0.2, 0.25) is 0 Å². The molecule has 1 aromatic carbocycles. The number of hydrogen-bond donors (Lipinski definition) is 2. The maximum Gasteiger partial charge on any atom is 0.319 e. The molecule has 3 heteroatoms. The van der Waals surface area contributed by atoms with Gasteiger partial charge in [-0.3, -0.25) is 0 Å². The SMILES string of the molecule is CCCCCCCCCCNC(=O)Nc1c(C)cccc1C(C)(C)C. The monoisotopic (exact) mass is 346 g/mol. The highest BCUT2D eigenvalue weighted by Crippen LogP contribution is 2.31. The minimum absolute atomic E-state index is 0.00636. The lowest BCUT2D eigenvalue weighted by molar-refractivity contribution is 0.252. The molecule has 142 valence electrons. The van der Waals surface area contributed by atoms with E-state index in [0.717, 1.165) is 24.2 Å². The highest BCUT2D eigenvalue weighted by molar-refractivity contribution is 5.91. The molecule has 0 aliphatic rings. The van der Waals surface area contributed by atoms with Gasteiger partial charge in [0, 0.05) is 12.2 Å². The van der Waals surface area contributed by atoms with Crippen molar-refractivity contribution in [3.63, 3.8) is 0 Å². The summed E-state index contributed by atoms with van der Waals surface area (Å²) in [6, 6.07) is 6.10. The van der Waals surface area contributed by atoms with E-state index < -0.39 is 0 Å². The van der Waals surface area contributed by atoms with Gasteiger partial charge in [-0.1, -0.05) is 90.8 Å². The standard InChI is InChI=1S/C22H38N2O/c1-6-7-8-9-10-11-12-13-17-23-21(25)24-20-18(2)15-14-16-19(20)22(3,4)5/h14-16H,6-13,17H2,1-5H3,(H2,23,24,25). The Hall–Kier alpha value is -1.51. The van der Waals surface area contributed by atoms with Gasteiger partial charge >= 0.3 is 6.03 Å². The number of anilines is 1. The van der Waals surface area contributed by atoms with Crippen LogP contribution in [0.5, 0.6) is 0 Å². The summed E-state index contributed by atoms with van der Waals surface area (Å²) >= 11 is 0. The van der Waals surface area contributed by atoms with E-state index in [1.807, 2.05) is 13.0 Å². The van der Waals surface area contributed by atoms with Gasteiger partial charge in [0.05, 0.1) is 0 Å². The lowest BCUT2D eigenvalue weighted by atomic mass is 9.84. The third-order valence-corrected chi connectivity index (χ3v) is 4.64. The smallest absolute Gasteiger partial charge is 0.319 e. The number of benzene rings is 1. The zero-order chi connectivity index (χ0) is 18.7. The predicted molar refractivity (Wildman–Crippen MR) is 110 cm³/mol. The molecule has 2 amide bonds. The summed E-state index contributed by atoms with van der Waals surface area (Å²) in [7, 11) is 0. The molecule has 25 heavy (non-hydrogen) atoms. The first-order valence-electron chi connectivity index (χ1n) is 10.0. The Bertz CT molecular complexity index is 517. The number of hydrogen-bond acceptors (Lipinski definition) is 1. The van der Waals surface area contributed by atoms with Gasteiger partial charge in [0.15, 0.2) is 0 Å². The van der Waals surface area contributed by atoms with Crippen molar-refractivity contribution >= 4 is 11.7 Å². The van der Waals surface area contributed by atoms with Crippen LogP contribution in [-0.2, 0) is 5.41 Å². The first-order chi connectivity index (χ1) is 11.9. The van der Waals surface area contributed by atoms with Crippen LogP contribution in [0.3, 0.4) is 0 Å². The summed E-state index contributed by atoms with van der Waals surface area (Å²) in [4.78, 5) is 12.2. The fraction of sp³-hybridized carbons (Fsp3) is 0.682. The second-order valence-corrected chi connectivity index (χ2v) is 8.10. The summed E-state index contributed by atoms with van der Waals surface area (Å²) in [5.41, 5.74) is 3.24. The molecule has 0 aromatic heterocycles. The summed E-state index contributed by atoms with van der Waals surface area (Å²) in [5, 5.41) is 6.06. The van der Waals surface area contributed by atoms with E-state index in [1.54, 1.807) is 0 Å². The number of nitrogens with one attached hydrogen (secondary N) is 2. The Labute approximate surface area is 155 Å². The molecule has 3 nitrogen and oxygen atoms in total. The van der Waals surface area contributed by atoms with E-state index >= 15 is 0 Å². The van der Waals surface area contributed by atoms with E-state index in [0.29, 0.717) is 0 Å². The minimum Gasteiger partial charge on any atom is -0.338 e. The molecule has 0 saturated heterocycles. The van der Waals surface area contributed by atoms with Crippen LogP contribution in [0.2, 0.25) is 0 Å². The van der Waals surface area contributed by atoms with Crippen molar-refractivity contribution in [2.45, 2.75) is 91.4 Å². The summed E-state index contributed by atoms with van der Waals surface area (Å²) < 4.78 is 0. The van der Waals surface area contributed by atoms with Crippen molar-refractivity contribution in [3.8, 4) is 0 Å². The molecular formula is C22H38N2O. The van der Waals surface area contributed by atoms with Gasteiger partial charge in [-0.15, -0.1) is 0 Å². The topological polar surface area (TPSA) is 41.1 Å². The van der Waals surface area contributed by atoms with Crippen molar-refractivity contribution in [1.82, 2.24) is 5.32 Å². The van der Waals surface area contributed by atoms with Gasteiger partial charge in [0.1, 0.15) is 0 Å². The number of unbranched alkanes of at least 4 members (excludes halogenated alkanes) is 7. The van der Waals surface area contributed by atoms with Crippen LogP contribution in [-0.4, -0.2) is 12.6 Å². The molecule has 0 aliphatic carbocycles. The van der Waals surface area contributed by atoms with Crippen LogP contribution in [0.15, 0.2) is 18.2 Å². The fourth-order valence-electron chi connectivity index (χ4n) is 3.08. The maximum absolute atomic E-state index is 12.2. The second kappa shape index (κ2) is 11.2. The van der Waals surface area contributed by atoms with E-state index in [1.165, 1.54) is 50.5 Å². The van der Waals surface area contributed by atoms with Gasteiger partial charge in [-0.25, -0.2) is 4.79 Å². The molecule has 1 rings (SSSR count). The molecule has 0 unspecified atom stereocenters. The average molecular weight is 347 g/mol. The molecule has 0 spiro atoms. The van der Waals surface area contributed by atoms with Crippen molar-refractivity contribution in [1.29, 1.82) is 0 Å². The number of carbonyl (C=O) groups excluding carboxylic acids is 1. The summed E-state index contributed by atoms with van der Waals surface area (Å²) in [6.07, 6.45) is 10.2. The zero-order valence-electron chi connectivity index (χ0n) is 17.0. The molecule has 0 saturated carbocycles. The van der Waals surface area contributed by atoms with E-state index in [4.69, 9.17) is 0 Å². The summed E-state index contributed by atoms with van der Waals surface area (Å²) in [5.74, 6) is 0. The largest absolute Gasteiger partial charge is 0.338 e. The van der Waals surface area contributed by atoms with Crippen molar-refractivity contribution in [3.05, 3.63) is 29.3 Å².